The van der Waals surface area contributed by atoms with E-state index >= 15 is 0 Å². The summed E-state index contributed by atoms with van der Waals surface area (Å²) in [5, 5.41) is 11.4. The van der Waals surface area contributed by atoms with Crippen LogP contribution in [-0.2, 0) is 4.79 Å². The lowest BCUT2D eigenvalue weighted by Gasteiger charge is -2.17. The van der Waals surface area contributed by atoms with Gasteiger partial charge in [-0.15, -0.1) is 11.3 Å². The van der Waals surface area contributed by atoms with E-state index < -0.39 is 17.9 Å². The van der Waals surface area contributed by atoms with E-state index in [9.17, 15) is 9.59 Å². The minimum absolute atomic E-state index is 0.263. The molecule has 2 atom stereocenters. The van der Waals surface area contributed by atoms with Crippen molar-refractivity contribution in [2.75, 3.05) is 0 Å². The van der Waals surface area contributed by atoms with Crippen LogP contribution >= 0.6 is 11.3 Å². The molecule has 1 rings (SSSR count). The van der Waals surface area contributed by atoms with Gasteiger partial charge in [-0.25, -0.2) is 4.98 Å². The fourth-order valence-electron chi connectivity index (χ4n) is 1.13. The number of nitrogens with zero attached hydrogens (tertiary/aromatic N) is 1. The van der Waals surface area contributed by atoms with Crippen LogP contribution in [-0.4, -0.2) is 28.0 Å². The third-order valence-corrected chi connectivity index (χ3v) is 3.38. The summed E-state index contributed by atoms with van der Waals surface area (Å²) in [5.41, 5.74) is 2.26. The number of hydrogen-bond acceptors (Lipinski definition) is 4. The van der Waals surface area contributed by atoms with Gasteiger partial charge in [-0.1, -0.05) is 0 Å². The van der Waals surface area contributed by atoms with Gasteiger partial charge in [0.25, 0.3) is 5.91 Å². The van der Waals surface area contributed by atoms with Gasteiger partial charge in [-0.05, 0) is 20.8 Å². The van der Waals surface area contributed by atoms with Crippen molar-refractivity contribution in [3.8, 4) is 0 Å². The zero-order valence-electron chi connectivity index (χ0n) is 9.35. The highest BCUT2D eigenvalue weighted by Crippen LogP contribution is 2.13. The maximum Gasteiger partial charge on any atom is 0.308 e. The molecular weight excluding hydrogens is 228 g/mol. The van der Waals surface area contributed by atoms with Crippen molar-refractivity contribution >= 4 is 23.2 Å². The van der Waals surface area contributed by atoms with E-state index in [0.29, 0.717) is 10.6 Å². The van der Waals surface area contributed by atoms with Gasteiger partial charge < -0.3 is 10.4 Å². The molecule has 1 heterocycles. The van der Waals surface area contributed by atoms with Crippen molar-refractivity contribution in [3.05, 3.63) is 16.1 Å². The SMILES string of the molecule is Cc1ncsc1C(=O)NC(C)C(C)C(=O)O. The first-order valence-electron chi connectivity index (χ1n) is 4.87. The number of hydrogen-bond donors (Lipinski definition) is 2. The highest BCUT2D eigenvalue weighted by atomic mass is 32.1. The number of carbonyl (C=O) groups excluding carboxylic acids is 1. The second-order valence-electron chi connectivity index (χ2n) is 3.66. The Morgan fingerprint density at radius 2 is 2.12 bits per heavy atom. The summed E-state index contributed by atoms with van der Waals surface area (Å²) in [4.78, 5) is 26.9. The molecule has 0 spiro atoms. The monoisotopic (exact) mass is 242 g/mol. The smallest absolute Gasteiger partial charge is 0.308 e. The van der Waals surface area contributed by atoms with Crippen molar-refractivity contribution < 1.29 is 14.7 Å². The number of carboxylic acids is 1. The lowest BCUT2D eigenvalue weighted by Crippen LogP contribution is -2.39. The predicted molar refractivity (Wildman–Crippen MR) is 60.6 cm³/mol. The number of nitrogens with one attached hydrogen (secondary N) is 1. The Hall–Kier alpha value is -1.43. The molecule has 1 aromatic rings. The van der Waals surface area contributed by atoms with Crippen LogP contribution in [0.2, 0.25) is 0 Å². The average molecular weight is 242 g/mol. The van der Waals surface area contributed by atoms with Gasteiger partial charge in [0, 0.05) is 6.04 Å². The third kappa shape index (κ3) is 2.79. The van der Waals surface area contributed by atoms with Crippen molar-refractivity contribution in [2.24, 2.45) is 5.92 Å². The van der Waals surface area contributed by atoms with Gasteiger partial charge in [0.1, 0.15) is 4.88 Å². The summed E-state index contributed by atoms with van der Waals surface area (Å²) >= 11 is 1.25. The Labute approximate surface area is 97.5 Å². The molecule has 0 aliphatic heterocycles. The summed E-state index contributed by atoms with van der Waals surface area (Å²) in [5.74, 6) is -1.80. The van der Waals surface area contributed by atoms with Crippen LogP contribution in [0.15, 0.2) is 5.51 Å². The van der Waals surface area contributed by atoms with E-state index in [-0.39, 0.29) is 5.91 Å². The lowest BCUT2D eigenvalue weighted by molar-refractivity contribution is -0.141. The summed E-state index contributed by atoms with van der Waals surface area (Å²) in [6.45, 7) is 4.98. The minimum Gasteiger partial charge on any atom is -0.481 e. The molecule has 5 nitrogen and oxygen atoms in total. The number of carbonyl (C=O) groups is 2. The second kappa shape index (κ2) is 5.07. The topological polar surface area (TPSA) is 79.3 Å². The summed E-state index contributed by atoms with van der Waals surface area (Å²) in [6.07, 6.45) is 0. The molecule has 2 unspecified atom stereocenters. The number of carboxylic acid groups (broad SMARTS) is 1. The molecule has 0 aliphatic rings. The maximum absolute atomic E-state index is 11.7. The van der Waals surface area contributed by atoms with Crippen LogP contribution in [0.5, 0.6) is 0 Å². The Bertz CT molecular complexity index is 403. The minimum atomic E-state index is -0.922. The number of rotatable bonds is 4. The van der Waals surface area contributed by atoms with Crippen molar-refractivity contribution in [3.63, 3.8) is 0 Å². The largest absolute Gasteiger partial charge is 0.481 e. The molecule has 0 fully saturated rings. The maximum atomic E-state index is 11.7. The van der Waals surface area contributed by atoms with Crippen LogP contribution in [0.4, 0.5) is 0 Å². The molecule has 0 saturated heterocycles. The molecule has 16 heavy (non-hydrogen) atoms. The average Bonchev–Trinajstić information content (AvgIpc) is 2.62. The van der Waals surface area contributed by atoms with Gasteiger partial charge in [0.2, 0.25) is 0 Å². The summed E-state index contributed by atoms with van der Waals surface area (Å²) in [6, 6.07) is -0.411. The van der Waals surface area contributed by atoms with Gasteiger partial charge in [-0.2, -0.15) is 0 Å². The number of aromatic nitrogens is 1. The first-order valence-corrected chi connectivity index (χ1v) is 5.75. The van der Waals surface area contributed by atoms with E-state index in [1.54, 1.807) is 26.3 Å². The number of thiazole rings is 1. The second-order valence-corrected chi connectivity index (χ2v) is 4.51. The normalized spacial score (nSPS) is 14.2. The predicted octanol–water partition coefficient (Wildman–Crippen LogP) is 1.29. The highest BCUT2D eigenvalue weighted by molar-refractivity contribution is 7.11. The molecule has 1 aromatic heterocycles. The lowest BCUT2D eigenvalue weighted by atomic mass is 10.0. The van der Waals surface area contributed by atoms with Gasteiger partial charge in [0.05, 0.1) is 17.1 Å². The zero-order valence-corrected chi connectivity index (χ0v) is 10.2. The third-order valence-electron chi connectivity index (χ3n) is 2.45. The molecular formula is C10H14N2O3S. The summed E-state index contributed by atoms with van der Waals surface area (Å²) < 4.78 is 0. The molecule has 1 amide bonds. The number of amides is 1. The van der Waals surface area contributed by atoms with Gasteiger partial charge in [-0.3, -0.25) is 9.59 Å². The van der Waals surface area contributed by atoms with Crippen molar-refractivity contribution in [1.29, 1.82) is 0 Å². The van der Waals surface area contributed by atoms with Crippen LogP contribution in [0.1, 0.15) is 29.2 Å². The molecule has 2 N–H and O–H groups in total. The molecule has 0 saturated carbocycles. The van der Waals surface area contributed by atoms with Crippen molar-refractivity contribution in [2.45, 2.75) is 26.8 Å². The quantitative estimate of drug-likeness (QED) is 0.833. The summed E-state index contributed by atoms with van der Waals surface area (Å²) in [7, 11) is 0. The van der Waals surface area contributed by atoms with Gasteiger partial charge in [0.15, 0.2) is 0 Å². The highest BCUT2D eigenvalue weighted by Gasteiger charge is 2.22. The van der Waals surface area contributed by atoms with E-state index in [2.05, 4.69) is 10.3 Å². The van der Waals surface area contributed by atoms with E-state index in [0.717, 1.165) is 0 Å². The van der Waals surface area contributed by atoms with Crippen molar-refractivity contribution in [1.82, 2.24) is 10.3 Å². The first kappa shape index (κ1) is 12.6. The first-order chi connectivity index (χ1) is 7.43. The fraction of sp³-hybridized carbons (Fsp3) is 0.500. The van der Waals surface area contributed by atoms with Crippen LogP contribution in [0.25, 0.3) is 0 Å². The fourth-order valence-corrected chi connectivity index (χ4v) is 1.84. The Kier molecular flexibility index (Phi) is 4.00. The Morgan fingerprint density at radius 1 is 1.50 bits per heavy atom. The van der Waals surface area contributed by atoms with E-state index in [1.807, 2.05) is 0 Å². The molecule has 6 heteroatoms. The number of aliphatic carboxylic acids is 1. The van der Waals surface area contributed by atoms with Crippen LogP contribution in [0.3, 0.4) is 0 Å². The zero-order chi connectivity index (χ0) is 12.3. The van der Waals surface area contributed by atoms with Crippen LogP contribution in [0, 0.1) is 12.8 Å². The molecule has 0 radical (unpaired) electrons. The standard InChI is InChI=1S/C10H14N2O3S/c1-5(10(14)15)6(2)12-9(13)8-7(3)11-4-16-8/h4-6H,1-3H3,(H,12,13)(H,14,15). The molecule has 0 aromatic carbocycles. The van der Waals surface area contributed by atoms with E-state index in [1.165, 1.54) is 11.3 Å². The molecule has 0 bridgehead atoms. The Morgan fingerprint density at radius 3 is 2.56 bits per heavy atom. The Balaban J connectivity index is 2.65. The molecule has 0 aliphatic carbocycles. The molecule has 88 valence electrons. The van der Waals surface area contributed by atoms with Gasteiger partial charge >= 0.3 is 5.97 Å². The van der Waals surface area contributed by atoms with E-state index in [4.69, 9.17) is 5.11 Å². The van der Waals surface area contributed by atoms with Crippen LogP contribution < -0.4 is 5.32 Å². The number of aryl methyl sites for hydroxylation is 1.